The summed E-state index contributed by atoms with van der Waals surface area (Å²) in [5.41, 5.74) is 1.92. The normalized spacial score (nSPS) is 12.2. The number of aliphatic hydroxyl groups excluding tert-OH is 1. The van der Waals surface area contributed by atoms with E-state index in [2.05, 4.69) is 15.9 Å². The van der Waals surface area contributed by atoms with Gasteiger partial charge in [0.2, 0.25) is 0 Å². The van der Waals surface area contributed by atoms with Crippen LogP contribution in [0.15, 0.2) is 53.0 Å². The minimum absolute atomic E-state index is 0.251. The third-order valence-corrected chi connectivity index (χ3v) is 3.22. The van der Waals surface area contributed by atoms with Crippen LogP contribution >= 0.6 is 15.9 Å². The van der Waals surface area contributed by atoms with Crippen molar-refractivity contribution in [2.75, 3.05) is 6.61 Å². The van der Waals surface area contributed by atoms with Crippen LogP contribution in [0.4, 0.5) is 0 Å². The fourth-order valence-electron chi connectivity index (χ4n) is 1.67. The molecule has 0 aromatic heterocycles. The first kappa shape index (κ1) is 13.1. The van der Waals surface area contributed by atoms with Crippen molar-refractivity contribution < 1.29 is 9.84 Å². The summed E-state index contributed by atoms with van der Waals surface area (Å²) in [6, 6.07) is 15.4. The van der Waals surface area contributed by atoms with Crippen molar-refractivity contribution in [3.63, 3.8) is 0 Å². The smallest absolute Gasteiger partial charge is 0.123 e. The molecule has 0 aliphatic carbocycles. The van der Waals surface area contributed by atoms with E-state index in [0.29, 0.717) is 0 Å². The number of aryl methyl sites for hydroxylation is 1. The first-order valence-electron chi connectivity index (χ1n) is 5.79. The molecule has 2 nitrogen and oxygen atoms in total. The summed E-state index contributed by atoms with van der Waals surface area (Å²) in [7, 11) is 0. The summed E-state index contributed by atoms with van der Waals surface area (Å²) in [6.45, 7) is 2.23. The highest BCUT2D eigenvalue weighted by Gasteiger charge is 2.09. The van der Waals surface area contributed by atoms with E-state index < -0.39 is 6.10 Å². The molecule has 2 rings (SSSR count). The second-order valence-corrected chi connectivity index (χ2v) is 5.06. The number of hydrogen-bond acceptors (Lipinski definition) is 2. The van der Waals surface area contributed by atoms with Gasteiger partial charge in [-0.05, 0) is 30.2 Å². The molecule has 0 bridgehead atoms. The molecule has 0 aliphatic rings. The lowest BCUT2D eigenvalue weighted by molar-refractivity contribution is 0.108. The molecular formula is C15H15BrO2. The second kappa shape index (κ2) is 6.03. The van der Waals surface area contributed by atoms with Crippen LogP contribution in [0, 0.1) is 6.92 Å². The molecule has 0 fully saturated rings. The third-order valence-electron chi connectivity index (χ3n) is 2.73. The van der Waals surface area contributed by atoms with Gasteiger partial charge < -0.3 is 9.84 Å². The Morgan fingerprint density at radius 2 is 1.89 bits per heavy atom. The maximum atomic E-state index is 10.0. The van der Waals surface area contributed by atoms with Gasteiger partial charge in [0, 0.05) is 4.47 Å². The molecule has 1 atom stereocenters. The standard InChI is InChI=1S/C15H15BrO2/c1-11-7-8-13(16)9-15(11)18-10-14(17)12-5-3-2-4-6-12/h2-9,14,17H,10H2,1H3. The Labute approximate surface area is 115 Å². The minimum Gasteiger partial charge on any atom is -0.490 e. The molecule has 0 amide bonds. The molecule has 0 spiro atoms. The summed E-state index contributed by atoms with van der Waals surface area (Å²) in [4.78, 5) is 0. The predicted molar refractivity (Wildman–Crippen MR) is 75.8 cm³/mol. The molecule has 18 heavy (non-hydrogen) atoms. The molecule has 0 saturated heterocycles. The van der Waals surface area contributed by atoms with Crippen molar-refractivity contribution in [1.82, 2.24) is 0 Å². The van der Waals surface area contributed by atoms with Crippen LogP contribution in [0.1, 0.15) is 17.2 Å². The molecule has 1 unspecified atom stereocenters. The monoisotopic (exact) mass is 306 g/mol. The summed E-state index contributed by atoms with van der Waals surface area (Å²) in [5, 5.41) is 10.0. The number of halogens is 1. The number of rotatable bonds is 4. The van der Waals surface area contributed by atoms with Gasteiger partial charge in [0.05, 0.1) is 0 Å². The van der Waals surface area contributed by atoms with Crippen LogP contribution in [-0.2, 0) is 0 Å². The Kier molecular flexibility index (Phi) is 4.39. The Morgan fingerprint density at radius 3 is 2.61 bits per heavy atom. The largest absolute Gasteiger partial charge is 0.490 e. The third kappa shape index (κ3) is 3.34. The Bertz CT molecular complexity index is 511. The van der Waals surface area contributed by atoms with E-state index in [1.807, 2.05) is 55.5 Å². The zero-order valence-electron chi connectivity index (χ0n) is 10.1. The number of aliphatic hydroxyl groups is 1. The molecule has 0 aliphatic heterocycles. The number of hydrogen-bond donors (Lipinski definition) is 1. The molecule has 0 radical (unpaired) electrons. The Hall–Kier alpha value is -1.32. The van der Waals surface area contributed by atoms with E-state index in [9.17, 15) is 5.11 Å². The van der Waals surface area contributed by atoms with E-state index in [4.69, 9.17) is 4.74 Å². The number of benzene rings is 2. The molecule has 0 saturated carbocycles. The Balaban J connectivity index is 2.01. The average Bonchev–Trinajstić information content (AvgIpc) is 2.40. The van der Waals surface area contributed by atoms with Gasteiger partial charge in [-0.2, -0.15) is 0 Å². The van der Waals surface area contributed by atoms with Gasteiger partial charge >= 0.3 is 0 Å². The topological polar surface area (TPSA) is 29.5 Å². The highest BCUT2D eigenvalue weighted by atomic mass is 79.9. The van der Waals surface area contributed by atoms with Crippen molar-refractivity contribution in [3.05, 3.63) is 64.1 Å². The average molecular weight is 307 g/mol. The first-order chi connectivity index (χ1) is 8.66. The molecule has 2 aromatic carbocycles. The van der Waals surface area contributed by atoms with E-state index in [0.717, 1.165) is 21.3 Å². The van der Waals surface area contributed by atoms with E-state index in [-0.39, 0.29) is 6.61 Å². The Morgan fingerprint density at radius 1 is 1.17 bits per heavy atom. The zero-order valence-corrected chi connectivity index (χ0v) is 11.7. The minimum atomic E-state index is -0.607. The van der Waals surface area contributed by atoms with Gasteiger partial charge in [-0.1, -0.05) is 52.3 Å². The van der Waals surface area contributed by atoms with Gasteiger partial charge in [-0.15, -0.1) is 0 Å². The SMILES string of the molecule is Cc1ccc(Br)cc1OCC(O)c1ccccc1. The maximum absolute atomic E-state index is 10.0. The van der Waals surface area contributed by atoms with Crippen LogP contribution in [0.2, 0.25) is 0 Å². The van der Waals surface area contributed by atoms with Crippen molar-refractivity contribution in [2.24, 2.45) is 0 Å². The van der Waals surface area contributed by atoms with Crippen LogP contribution in [0.25, 0.3) is 0 Å². The molecule has 0 heterocycles. The summed E-state index contributed by atoms with van der Waals surface area (Å²) in [5.74, 6) is 0.791. The molecule has 3 heteroatoms. The highest BCUT2D eigenvalue weighted by Crippen LogP contribution is 2.24. The number of ether oxygens (including phenoxy) is 1. The van der Waals surface area contributed by atoms with Gasteiger partial charge in [-0.25, -0.2) is 0 Å². The van der Waals surface area contributed by atoms with E-state index in [1.165, 1.54) is 0 Å². The van der Waals surface area contributed by atoms with E-state index in [1.54, 1.807) is 0 Å². The zero-order chi connectivity index (χ0) is 13.0. The lowest BCUT2D eigenvalue weighted by atomic mass is 10.1. The van der Waals surface area contributed by atoms with Crippen LogP contribution in [0.5, 0.6) is 5.75 Å². The summed E-state index contributed by atoms with van der Waals surface area (Å²) >= 11 is 3.41. The van der Waals surface area contributed by atoms with Crippen molar-refractivity contribution in [3.8, 4) is 5.75 Å². The lowest BCUT2D eigenvalue weighted by Gasteiger charge is -2.14. The van der Waals surface area contributed by atoms with Crippen LogP contribution in [-0.4, -0.2) is 11.7 Å². The van der Waals surface area contributed by atoms with E-state index >= 15 is 0 Å². The van der Waals surface area contributed by atoms with Crippen molar-refractivity contribution in [1.29, 1.82) is 0 Å². The van der Waals surface area contributed by atoms with Crippen LogP contribution < -0.4 is 4.74 Å². The molecule has 94 valence electrons. The highest BCUT2D eigenvalue weighted by molar-refractivity contribution is 9.10. The fraction of sp³-hybridized carbons (Fsp3) is 0.200. The second-order valence-electron chi connectivity index (χ2n) is 4.15. The van der Waals surface area contributed by atoms with Crippen molar-refractivity contribution in [2.45, 2.75) is 13.0 Å². The van der Waals surface area contributed by atoms with Crippen molar-refractivity contribution >= 4 is 15.9 Å². The first-order valence-corrected chi connectivity index (χ1v) is 6.58. The molecule has 2 aromatic rings. The van der Waals surface area contributed by atoms with Gasteiger partial charge in [0.15, 0.2) is 0 Å². The summed E-state index contributed by atoms with van der Waals surface area (Å²) < 4.78 is 6.62. The summed E-state index contributed by atoms with van der Waals surface area (Å²) in [6.07, 6.45) is -0.607. The predicted octanol–water partition coefficient (Wildman–Crippen LogP) is 3.87. The quantitative estimate of drug-likeness (QED) is 0.929. The lowest BCUT2D eigenvalue weighted by Crippen LogP contribution is -2.10. The molecular weight excluding hydrogens is 292 g/mol. The van der Waals surface area contributed by atoms with Crippen LogP contribution in [0.3, 0.4) is 0 Å². The van der Waals surface area contributed by atoms with Gasteiger partial charge in [-0.3, -0.25) is 0 Å². The molecule has 1 N–H and O–H groups in total. The fourth-order valence-corrected chi connectivity index (χ4v) is 2.01. The maximum Gasteiger partial charge on any atom is 0.123 e. The van der Waals surface area contributed by atoms with Gasteiger partial charge in [0.1, 0.15) is 18.5 Å². The van der Waals surface area contributed by atoms with Gasteiger partial charge in [0.25, 0.3) is 0 Å².